The summed E-state index contributed by atoms with van der Waals surface area (Å²) in [7, 11) is -24.4. The molecule has 0 atom stereocenters. The number of nitrogens with zero attached hydrogens (tertiary/aromatic N) is 4. The minimum absolute atomic E-state index is 0. The molecule has 0 aromatic heterocycles. The summed E-state index contributed by atoms with van der Waals surface area (Å²) < 4.78 is 166. The van der Waals surface area contributed by atoms with Gasteiger partial charge in [-0.3, -0.25) is 13.4 Å². The van der Waals surface area contributed by atoms with Crippen molar-refractivity contribution < 1.29 is 197 Å². The second-order valence-corrected chi connectivity index (χ2v) is 17.9. The second kappa shape index (κ2) is 26.0. The summed E-state index contributed by atoms with van der Waals surface area (Å²) >= 11 is 0.00889. The number of sulfone groups is 2. The van der Waals surface area contributed by atoms with E-state index in [2.05, 4.69) is 38.2 Å². The molecule has 0 saturated carbocycles. The molecule has 0 aliphatic carbocycles. The Bertz CT molecular complexity index is 2450. The van der Waals surface area contributed by atoms with Crippen LogP contribution in [0.25, 0.3) is 0 Å². The van der Waals surface area contributed by atoms with Crippen molar-refractivity contribution in [2.75, 3.05) is 36.2 Å². The van der Waals surface area contributed by atoms with Crippen molar-refractivity contribution in [3.63, 3.8) is 0 Å². The van der Waals surface area contributed by atoms with Crippen LogP contribution in [0.5, 0.6) is 0 Å². The van der Waals surface area contributed by atoms with Gasteiger partial charge in [-0.2, -0.15) is 5.11 Å². The molecule has 0 fully saturated rings. The zero-order chi connectivity index (χ0) is 39.1. The van der Waals surface area contributed by atoms with Gasteiger partial charge in [-0.05, 0) is 48.5 Å². The molecular weight excluding hydrogens is 933 g/mol. The minimum atomic E-state index is -5.46. The molecule has 3 aromatic carbocycles. The molecule has 24 nitrogen and oxygen atoms in total. The standard InChI is InChI=1S/C22H24N6O18S6.CH4.4Na/c23-20-17(27-26-16-6-5-15(11-18(16)50(34,35)36)49(32,33)9-7-43-47-46-45-29)12-19(51(37,38)39)21(24)22(20)28-25-13-1-3-14(4-2-13)48(30,31)10-8-44-52(40,41)42;;;;;/h1-6,11-12,29H,7-10,23-24H2,(H,34,35,36)(H,37,38,39)(H,40,41,42);1H4;;;;/q;;4*+1/p-4. The van der Waals surface area contributed by atoms with E-state index >= 15 is 0 Å². The third-order valence-electron chi connectivity index (χ3n) is 5.99. The molecule has 0 bridgehead atoms. The number of hydrogen-bond acceptors (Lipinski definition) is 25. The molecule has 3 rings (SSSR count). The van der Waals surface area contributed by atoms with Crippen LogP contribution in [0, 0.1) is 0 Å². The van der Waals surface area contributed by atoms with E-state index in [1.807, 2.05) is 0 Å². The van der Waals surface area contributed by atoms with Crippen molar-refractivity contribution in [3.05, 3.63) is 48.5 Å². The smallest absolute Gasteiger partial charge is 0.744 e. The molecule has 0 spiro atoms. The fourth-order valence-corrected chi connectivity index (χ4v) is 7.90. The zero-order valence-electron chi connectivity index (χ0n) is 29.2. The topological polar surface area (TPSA) is 401 Å². The zero-order valence-corrected chi connectivity index (χ0v) is 42.1. The van der Waals surface area contributed by atoms with Crippen molar-refractivity contribution in [1.82, 2.24) is 0 Å². The van der Waals surface area contributed by atoms with Crippen LogP contribution in [0.1, 0.15) is 7.43 Å². The Kier molecular flexibility index (Phi) is 28.1. The third-order valence-corrected chi connectivity index (χ3v) is 11.9. The molecule has 4 N–H and O–H groups in total. The predicted molar refractivity (Wildman–Crippen MR) is 175 cm³/mol. The average molecular weight is 957 g/mol. The first-order chi connectivity index (χ1) is 24.0. The maximum absolute atomic E-state index is 12.6. The Morgan fingerprint density at radius 2 is 1.12 bits per heavy atom. The third kappa shape index (κ3) is 19.0. The van der Waals surface area contributed by atoms with Crippen LogP contribution in [0.3, 0.4) is 0 Å². The van der Waals surface area contributed by atoms with Crippen LogP contribution in [-0.4, -0.2) is 80.5 Å². The van der Waals surface area contributed by atoms with Gasteiger partial charge in [-0.25, -0.2) is 42.1 Å². The van der Waals surface area contributed by atoms with Crippen LogP contribution in [0.15, 0.2) is 88.6 Å². The van der Waals surface area contributed by atoms with E-state index < -0.39 is 118 Å². The fraction of sp³-hybridized carbons (Fsp3) is 0.217. The number of hydrogen-bond donors (Lipinski definition) is 2. The summed E-state index contributed by atoms with van der Waals surface area (Å²) in [5.74, 6) is -1.67. The van der Waals surface area contributed by atoms with Gasteiger partial charge in [0.25, 0.3) is 0 Å². The molecule has 0 heterocycles. The molecule has 0 aliphatic rings. The van der Waals surface area contributed by atoms with Gasteiger partial charge in [-0.1, -0.05) is 7.43 Å². The molecule has 34 heteroatoms. The van der Waals surface area contributed by atoms with E-state index in [-0.39, 0.29) is 149 Å². The molecule has 0 saturated heterocycles. The van der Waals surface area contributed by atoms with E-state index in [4.69, 9.17) is 11.5 Å². The van der Waals surface area contributed by atoms with Gasteiger partial charge in [0, 0.05) is 0 Å². The van der Waals surface area contributed by atoms with Gasteiger partial charge < -0.3 is 30.4 Å². The quantitative estimate of drug-likeness (QED) is 0.0138. The maximum Gasteiger partial charge on any atom is 1.00 e. The Hall–Kier alpha value is 0.240. The first kappa shape index (κ1) is 61.5. The molecule has 294 valence electrons. The minimum Gasteiger partial charge on any atom is -0.744 e. The Balaban J connectivity index is -0.00000583. The van der Waals surface area contributed by atoms with Gasteiger partial charge in [0.2, 0.25) is 10.4 Å². The Morgan fingerprint density at radius 3 is 1.65 bits per heavy atom. The fourth-order valence-electron chi connectivity index (χ4n) is 3.66. The van der Waals surface area contributed by atoms with Crippen LogP contribution in [0.4, 0.5) is 34.1 Å². The molecule has 57 heavy (non-hydrogen) atoms. The van der Waals surface area contributed by atoms with Crippen LogP contribution in [-0.2, 0) is 68.0 Å². The summed E-state index contributed by atoms with van der Waals surface area (Å²) in [6, 6.07) is 6.78. The largest absolute Gasteiger partial charge is 1.00 e. The van der Waals surface area contributed by atoms with Crippen molar-refractivity contribution in [1.29, 1.82) is 0 Å². The number of benzene rings is 3. The SMILES string of the molecule is C.Nc1c(N=Nc2ccc(S(=O)(=O)CCOSOO[O-])cc2S(=O)(=O)[O-])cc(S(=O)(=O)[O-])c(N)c1N=Nc1ccc(S(=O)(=O)CCOS(=O)(=O)[O-])cc1.[Na+].[Na+].[Na+].[Na+]. The van der Waals surface area contributed by atoms with Crippen molar-refractivity contribution in [3.8, 4) is 0 Å². The molecule has 0 unspecified atom stereocenters. The summed E-state index contributed by atoms with van der Waals surface area (Å²) in [5.41, 5.74) is 8.19. The molecule has 0 amide bonds. The monoisotopic (exact) mass is 956 g/mol. The number of azo groups is 2. The number of rotatable bonds is 18. The molecule has 3 aromatic rings. The van der Waals surface area contributed by atoms with Gasteiger partial charge >= 0.3 is 118 Å². The van der Waals surface area contributed by atoms with E-state index in [1.54, 1.807) is 0 Å². The van der Waals surface area contributed by atoms with Crippen molar-refractivity contribution in [2.24, 2.45) is 20.5 Å². The van der Waals surface area contributed by atoms with Crippen LogP contribution >= 0.6 is 12.3 Å². The maximum atomic E-state index is 12.6. The first-order valence-electron chi connectivity index (χ1n) is 13.0. The average Bonchev–Trinajstić information content (AvgIpc) is 3.02. The van der Waals surface area contributed by atoms with Gasteiger partial charge in [0.15, 0.2) is 32.0 Å². The van der Waals surface area contributed by atoms with Crippen LogP contribution < -0.4 is 135 Å². The summed E-state index contributed by atoms with van der Waals surface area (Å²) in [6.07, 6.45) is 0. The molecule has 0 aliphatic heterocycles. The van der Waals surface area contributed by atoms with Crippen LogP contribution in [0.2, 0.25) is 0 Å². The second-order valence-electron chi connectivity index (χ2n) is 9.40. The Labute approximate surface area is 420 Å². The van der Waals surface area contributed by atoms with Crippen molar-refractivity contribution >= 4 is 96.8 Å². The normalized spacial score (nSPS) is 12.1. The predicted octanol–water partition coefficient (Wildman–Crippen LogP) is -11.0. The van der Waals surface area contributed by atoms with Gasteiger partial charge in [-0.15, -0.1) is 19.7 Å². The molecular formula is C23H24N6Na4O18S6. The van der Waals surface area contributed by atoms with Gasteiger partial charge in [0.05, 0.1) is 61.4 Å². The molecule has 0 radical (unpaired) electrons. The number of anilines is 2. The Morgan fingerprint density at radius 1 is 0.614 bits per heavy atom. The van der Waals surface area contributed by atoms with Crippen molar-refractivity contribution in [2.45, 2.75) is 27.0 Å². The number of nitrogens with two attached hydrogens (primary N) is 2. The van der Waals surface area contributed by atoms with Gasteiger partial charge in [0.1, 0.15) is 37.3 Å². The number of nitrogen functional groups attached to an aromatic ring is 2. The first-order valence-corrected chi connectivity index (χ1v) is 21.1. The summed E-state index contributed by atoms with van der Waals surface area (Å²) in [6.45, 7) is -1.54. The van der Waals surface area contributed by atoms with E-state index in [1.165, 1.54) is 0 Å². The van der Waals surface area contributed by atoms with E-state index in [0.717, 1.165) is 36.4 Å². The summed E-state index contributed by atoms with van der Waals surface area (Å²) in [4.78, 5) is -3.37. The van der Waals surface area contributed by atoms with E-state index in [0.29, 0.717) is 12.1 Å². The summed E-state index contributed by atoms with van der Waals surface area (Å²) in [5, 5.41) is 27.4. The van der Waals surface area contributed by atoms with E-state index in [9.17, 15) is 61.0 Å².